The van der Waals surface area contributed by atoms with E-state index in [4.69, 9.17) is 16.3 Å². The summed E-state index contributed by atoms with van der Waals surface area (Å²) >= 11 is 5.91. The van der Waals surface area contributed by atoms with Crippen LogP contribution in [-0.2, 0) is 4.79 Å². The minimum absolute atomic E-state index is 0.101. The minimum atomic E-state index is -0.300. The van der Waals surface area contributed by atoms with Crippen LogP contribution in [0, 0.1) is 12.8 Å². The summed E-state index contributed by atoms with van der Waals surface area (Å²) in [7, 11) is 0. The van der Waals surface area contributed by atoms with Crippen LogP contribution in [0.15, 0.2) is 53.6 Å². The summed E-state index contributed by atoms with van der Waals surface area (Å²) < 4.78 is 5.53. The van der Waals surface area contributed by atoms with Gasteiger partial charge in [0.25, 0.3) is 5.91 Å². The van der Waals surface area contributed by atoms with E-state index in [1.807, 2.05) is 37.3 Å². The maximum absolute atomic E-state index is 12.0. The second kappa shape index (κ2) is 9.23. The van der Waals surface area contributed by atoms with Crippen molar-refractivity contribution in [3.63, 3.8) is 0 Å². The molecule has 0 bridgehead atoms. The van der Waals surface area contributed by atoms with Crippen LogP contribution < -0.4 is 10.2 Å². The molecule has 0 aliphatic carbocycles. The van der Waals surface area contributed by atoms with Gasteiger partial charge in [-0.05, 0) is 48.6 Å². The molecular weight excluding hydrogens is 336 g/mol. The molecule has 0 unspecified atom stereocenters. The van der Waals surface area contributed by atoms with Crippen molar-refractivity contribution < 1.29 is 9.53 Å². The quantitative estimate of drug-likeness (QED) is 0.581. The predicted octanol–water partition coefficient (Wildman–Crippen LogP) is 4.59. The fourth-order valence-corrected chi connectivity index (χ4v) is 2.55. The van der Waals surface area contributed by atoms with Gasteiger partial charge in [0.2, 0.25) is 0 Å². The molecule has 0 aliphatic heterocycles. The number of amides is 1. The van der Waals surface area contributed by atoms with Crippen LogP contribution in [0.4, 0.5) is 0 Å². The van der Waals surface area contributed by atoms with Crippen LogP contribution in [0.2, 0.25) is 5.02 Å². The van der Waals surface area contributed by atoms with E-state index < -0.39 is 0 Å². The lowest BCUT2D eigenvalue weighted by atomic mass is 10.0. The third-order valence-corrected chi connectivity index (χ3v) is 3.76. The molecule has 5 heteroatoms. The molecule has 0 fully saturated rings. The lowest BCUT2D eigenvalue weighted by molar-refractivity contribution is -0.123. The summed E-state index contributed by atoms with van der Waals surface area (Å²) in [5, 5.41) is 4.94. The first-order valence-corrected chi connectivity index (χ1v) is 8.63. The van der Waals surface area contributed by atoms with Crippen molar-refractivity contribution in [2.75, 3.05) is 6.61 Å². The molecule has 2 aromatic carbocycles. The molecule has 0 radical (unpaired) electrons. The van der Waals surface area contributed by atoms with E-state index in [2.05, 4.69) is 24.4 Å². The number of hydrogen-bond acceptors (Lipinski definition) is 3. The Balaban J connectivity index is 1.98. The average Bonchev–Trinajstić information content (AvgIpc) is 2.58. The van der Waals surface area contributed by atoms with Crippen molar-refractivity contribution in [1.82, 2.24) is 5.43 Å². The van der Waals surface area contributed by atoms with Crippen LogP contribution in [0.25, 0.3) is 0 Å². The maximum Gasteiger partial charge on any atom is 0.277 e. The molecule has 0 atom stereocenters. The summed E-state index contributed by atoms with van der Waals surface area (Å²) in [5.41, 5.74) is 5.33. The fraction of sp³-hybridized carbons (Fsp3) is 0.300. The van der Waals surface area contributed by atoms with Crippen molar-refractivity contribution in [2.24, 2.45) is 11.0 Å². The highest BCUT2D eigenvalue weighted by Crippen LogP contribution is 2.21. The molecule has 4 nitrogen and oxygen atoms in total. The largest absolute Gasteiger partial charge is 0.483 e. The zero-order valence-electron chi connectivity index (χ0n) is 14.8. The van der Waals surface area contributed by atoms with E-state index in [-0.39, 0.29) is 12.5 Å². The van der Waals surface area contributed by atoms with E-state index in [1.165, 1.54) is 0 Å². The second-order valence-corrected chi connectivity index (χ2v) is 6.69. The van der Waals surface area contributed by atoms with Gasteiger partial charge in [-0.1, -0.05) is 55.8 Å². The molecule has 0 saturated heterocycles. The first kappa shape index (κ1) is 19.0. The van der Waals surface area contributed by atoms with Gasteiger partial charge in [0.05, 0.1) is 5.71 Å². The third kappa shape index (κ3) is 6.24. The highest BCUT2D eigenvalue weighted by Gasteiger charge is 2.09. The highest BCUT2D eigenvalue weighted by molar-refractivity contribution is 6.30. The van der Waals surface area contributed by atoms with Gasteiger partial charge in [0.15, 0.2) is 6.61 Å². The van der Waals surface area contributed by atoms with Crippen molar-refractivity contribution in [3.05, 3.63) is 64.7 Å². The van der Waals surface area contributed by atoms with E-state index in [0.29, 0.717) is 16.7 Å². The zero-order chi connectivity index (χ0) is 18.2. The molecule has 25 heavy (non-hydrogen) atoms. The van der Waals surface area contributed by atoms with Crippen molar-refractivity contribution in [1.29, 1.82) is 0 Å². The van der Waals surface area contributed by atoms with Gasteiger partial charge in [-0.3, -0.25) is 4.79 Å². The second-order valence-electron chi connectivity index (χ2n) is 6.26. The molecular formula is C20H23ClN2O2. The van der Waals surface area contributed by atoms with Crippen LogP contribution >= 0.6 is 11.6 Å². The number of carbonyl (C=O) groups is 1. The van der Waals surface area contributed by atoms with E-state index in [9.17, 15) is 4.79 Å². The fourth-order valence-electron chi connectivity index (χ4n) is 2.33. The number of halogens is 1. The summed E-state index contributed by atoms with van der Waals surface area (Å²) in [4.78, 5) is 12.0. The van der Waals surface area contributed by atoms with E-state index in [0.717, 1.165) is 23.3 Å². The minimum Gasteiger partial charge on any atom is -0.483 e. The number of benzene rings is 2. The van der Waals surface area contributed by atoms with Gasteiger partial charge < -0.3 is 4.74 Å². The Kier molecular flexibility index (Phi) is 7.02. The average molecular weight is 359 g/mol. The van der Waals surface area contributed by atoms with Gasteiger partial charge in [-0.25, -0.2) is 5.43 Å². The van der Waals surface area contributed by atoms with Crippen LogP contribution in [0.3, 0.4) is 0 Å². The third-order valence-electron chi connectivity index (χ3n) is 3.52. The number of carbonyl (C=O) groups excluding carboxylic acids is 1. The van der Waals surface area contributed by atoms with Gasteiger partial charge in [-0.15, -0.1) is 0 Å². The Labute approximate surface area is 153 Å². The van der Waals surface area contributed by atoms with Crippen molar-refractivity contribution in [2.45, 2.75) is 27.2 Å². The number of rotatable bonds is 7. The highest BCUT2D eigenvalue weighted by atomic mass is 35.5. The number of ether oxygens (including phenoxy) is 1. The van der Waals surface area contributed by atoms with Crippen molar-refractivity contribution >= 4 is 23.2 Å². The normalized spacial score (nSPS) is 11.5. The number of hydrazone groups is 1. The topological polar surface area (TPSA) is 50.7 Å². The number of nitrogens with zero attached hydrogens (tertiary/aromatic N) is 1. The maximum atomic E-state index is 12.0. The molecule has 0 spiro atoms. The Hall–Kier alpha value is -2.33. The van der Waals surface area contributed by atoms with Gasteiger partial charge in [0, 0.05) is 5.02 Å². The Morgan fingerprint density at radius 3 is 2.56 bits per heavy atom. The summed E-state index contributed by atoms with van der Waals surface area (Å²) in [6.07, 6.45) is 0.779. The van der Waals surface area contributed by atoms with E-state index >= 15 is 0 Å². The molecule has 0 saturated carbocycles. The SMILES string of the molecule is Cc1cc(Cl)ccc1OCC(=O)NN=C(CC(C)C)c1ccccc1. The van der Waals surface area contributed by atoms with Crippen LogP contribution in [0.5, 0.6) is 5.75 Å². The molecule has 2 aromatic rings. The molecule has 0 aliphatic rings. The monoisotopic (exact) mass is 358 g/mol. The first-order chi connectivity index (χ1) is 12.0. The molecule has 0 aromatic heterocycles. The number of hydrogen-bond donors (Lipinski definition) is 1. The Morgan fingerprint density at radius 1 is 1.20 bits per heavy atom. The van der Waals surface area contributed by atoms with Crippen LogP contribution in [0.1, 0.15) is 31.4 Å². The van der Waals surface area contributed by atoms with E-state index in [1.54, 1.807) is 18.2 Å². The lowest BCUT2D eigenvalue weighted by Crippen LogP contribution is -2.26. The Bertz CT molecular complexity index is 743. The van der Waals surface area contributed by atoms with Gasteiger partial charge in [0.1, 0.15) is 5.75 Å². The Morgan fingerprint density at radius 2 is 1.92 bits per heavy atom. The molecule has 132 valence electrons. The number of nitrogens with one attached hydrogen (secondary N) is 1. The van der Waals surface area contributed by atoms with Crippen molar-refractivity contribution in [3.8, 4) is 5.75 Å². The summed E-state index contributed by atoms with van der Waals surface area (Å²) in [6.45, 7) is 6.02. The summed E-state index contributed by atoms with van der Waals surface area (Å²) in [6, 6.07) is 15.1. The summed E-state index contributed by atoms with van der Waals surface area (Å²) in [5.74, 6) is 0.768. The van der Waals surface area contributed by atoms with Gasteiger partial charge >= 0.3 is 0 Å². The smallest absolute Gasteiger partial charge is 0.277 e. The molecule has 1 amide bonds. The number of aryl methyl sites for hydroxylation is 1. The lowest BCUT2D eigenvalue weighted by Gasteiger charge is -2.11. The van der Waals surface area contributed by atoms with Gasteiger partial charge in [-0.2, -0.15) is 5.10 Å². The molecule has 0 heterocycles. The molecule has 2 rings (SSSR count). The predicted molar refractivity (Wildman–Crippen MR) is 102 cm³/mol. The zero-order valence-corrected chi connectivity index (χ0v) is 15.5. The van der Waals surface area contributed by atoms with Crippen LogP contribution in [-0.4, -0.2) is 18.2 Å². The standard InChI is InChI=1S/C20H23ClN2O2/c1-14(2)11-18(16-7-5-4-6-8-16)22-23-20(24)13-25-19-10-9-17(21)12-15(19)3/h4-10,12,14H,11,13H2,1-3H3,(H,23,24). The first-order valence-electron chi connectivity index (χ1n) is 8.25. The molecule has 1 N–H and O–H groups in total.